The molecule has 1 unspecified atom stereocenters. The Bertz CT molecular complexity index is 546. The van der Waals surface area contributed by atoms with Crippen LogP contribution >= 0.6 is 27.7 Å². The maximum Gasteiger partial charge on any atom is 0.138 e. The van der Waals surface area contributed by atoms with Gasteiger partial charge >= 0.3 is 0 Å². The number of benzene rings is 1. The second-order valence-electron chi connectivity index (χ2n) is 4.39. The van der Waals surface area contributed by atoms with Gasteiger partial charge in [0, 0.05) is 33.7 Å². The summed E-state index contributed by atoms with van der Waals surface area (Å²) in [6.07, 6.45) is 2.60. The first kappa shape index (κ1) is 14.5. The highest BCUT2D eigenvalue weighted by atomic mass is 79.9. The van der Waals surface area contributed by atoms with Gasteiger partial charge in [-0.05, 0) is 31.2 Å². The van der Waals surface area contributed by atoms with Gasteiger partial charge in [0.1, 0.15) is 5.82 Å². The van der Waals surface area contributed by atoms with Crippen LogP contribution in [0.4, 0.5) is 0 Å². The zero-order chi connectivity index (χ0) is 13.7. The maximum absolute atomic E-state index is 5.79. The van der Waals surface area contributed by atoms with E-state index in [0.29, 0.717) is 0 Å². The molecule has 0 spiro atoms. The highest BCUT2D eigenvalue weighted by Crippen LogP contribution is 2.24. The molecule has 0 bridgehead atoms. The van der Waals surface area contributed by atoms with Gasteiger partial charge in [-0.3, -0.25) is 0 Å². The van der Waals surface area contributed by atoms with Gasteiger partial charge in [0.05, 0.1) is 5.75 Å². The molecule has 2 aromatic rings. The normalized spacial score (nSPS) is 12.4. The van der Waals surface area contributed by atoms with Gasteiger partial charge in [0.25, 0.3) is 0 Å². The Morgan fingerprint density at radius 2 is 2.21 bits per heavy atom. The zero-order valence-electron chi connectivity index (χ0n) is 10.7. The van der Waals surface area contributed by atoms with Crippen molar-refractivity contribution in [3.05, 3.63) is 52.5 Å². The fourth-order valence-electron chi connectivity index (χ4n) is 1.66. The predicted molar refractivity (Wildman–Crippen MR) is 83.1 cm³/mol. The maximum atomic E-state index is 5.79. The molecule has 0 aliphatic rings. The summed E-state index contributed by atoms with van der Waals surface area (Å²) in [7, 11) is 0. The lowest BCUT2D eigenvalue weighted by Crippen LogP contribution is -2.18. The van der Waals surface area contributed by atoms with E-state index in [2.05, 4.69) is 38.0 Å². The molecular formula is C14H16BrN3S. The topological polar surface area (TPSA) is 51.8 Å². The van der Waals surface area contributed by atoms with Crippen molar-refractivity contribution < 1.29 is 0 Å². The van der Waals surface area contributed by atoms with Crippen LogP contribution in [0.2, 0.25) is 0 Å². The van der Waals surface area contributed by atoms with Crippen LogP contribution in [-0.2, 0) is 12.2 Å². The van der Waals surface area contributed by atoms with Crippen molar-refractivity contribution in [1.82, 2.24) is 9.97 Å². The molecule has 0 aliphatic carbocycles. The Morgan fingerprint density at radius 1 is 1.37 bits per heavy atom. The Labute approximate surface area is 126 Å². The number of hydrogen-bond acceptors (Lipinski definition) is 4. The molecule has 3 nitrogen and oxygen atoms in total. The van der Waals surface area contributed by atoms with E-state index >= 15 is 0 Å². The van der Waals surface area contributed by atoms with Gasteiger partial charge in [-0.15, -0.1) is 11.8 Å². The summed E-state index contributed by atoms with van der Waals surface area (Å²) in [6, 6.07) is 10.3. The Kier molecular flexibility index (Phi) is 5.36. The van der Waals surface area contributed by atoms with E-state index in [-0.39, 0.29) is 6.04 Å². The molecular weight excluding hydrogens is 322 g/mol. The third-order valence-corrected chi connectivity index (χ3v) is 3.94. The van der Waals surface area contributed by atoms with Gasteiger partial charge in [0.2, 0.25) is 0 Å². The molecule has 0 radical (unpaired) electrons. The van der Waals surface area contributed by atoms with Crippen LogP contribution in [0.1, 0.15) is 18.4 Å². The van der Waals surface area contributed by atoms with E-state index in [1.165, 1.54) is 4.90 Å². The molecule has 2 N–H and O–H groups in total. The summed E-state index contributed by atoms with van der Waals surface area (Å²) >= 11 is 5.20. The molecule has 19 heavy (non-hydrogen) atoms. The number of halogens is 1. The lowest BCUT2D eigenvalue weighted by Gasteiger charge is -2.06. The second-order valence-corrected chi connectivity index (χ2v) is 6.36. The van der Waals surface area contributed by atoms with Gasteiger partial charge in [-0.25, -0.2) is 9.97 Å². The third kappa shape index (κ3) is 4.93. The van der Waals surface area contributed by atoms with Gasteiger partial charge < -0.3 is 5.73 Å². The van der Waals surface area contributed by atoms with Crippen LogP contribution in [0.3, 0.4) is 0 Å². The van der Waals surface area contributed by atoms with Gasteiger partial charge in [-0.1, -0.05) is 22.0 Å². The minimum absolute atomic E-state index is 0.125. The average Bonchev–Trinajstić information content (AvgIpc) is 2.36. The zero-order valence-corrected chi connectivity index (χ0v) is 13.1. The average molecular weight is 338 g/mol. The van der Waals surface area contributed by atoms with Crippen molar-refractivity contribution in [2.45, 2.75) is 30.0 Å². The van der Waals surface area contributed by atoms with E-state index in [9.17, 15) is 0 Å². The smallest absolute Gasteiger partial charge is 0.138 e. The summed E-state index contributed by atoms with van der Waals surface area (Å²) in [4.78, 5) is 10.0. The van der Waals surface area contributed by atoms with Crippen molar-refractivity contribution >= 4 is 27.7 Å². The van der Waals surface area contributed by atoms with E-state index in [4.69, 9.17) is 5.73 Å². The first-order valence-corrected chi connectivity index (χ1v) is 7.86. The predicted octanol–water partition coefficient (Wildman–Crippen LogP) is 3.42. The molecule has 100 valence electrons. The lowest BCUT2D eigenvalue weighted by molar-refractivity contribution is 0.715. The highest BCUT2D eigenvalue weighted by molar-refractivity contribution is 9.10. The Balaban J connectivity index is 1.99. The summed E-state index contributed by atoms with van der Waals surface area (Å²) in [5.74, 6) is 1.62. The lowest BCUT2D eigenvalue weighted by atomic mass is 10.2. The van der Waals surface area contributed by atoms with E-state index in [1.54, 1.807) is 11.8 Å². The third-order valence-electron chi connectivity index (χ3n) is 2.46. The van der Waals surface area contributed by atoms with Gasteiger partial charge in [0.15, 0.2) is 0 Å². The quantitative estimate of drug-likeness (QED) is 0.849. The van der Waals surface area contributed by atoms with Crippen molar-refractivity contribution in [2.75, 3.05) is 0 Å². The van der Waals surface area contributed by atoms with E-state index in [1.807, 2.05) is 31.3 Å². The minimum Gasteiger partial charge on any atom is -0.328 e. The van der Waals surface area contributed by atoms with Crippen molar-refractivity contribution in [1.29, 1.82) is 0 Å². The van der Waals surface area contributed by atoms with E-state index < -0.39 is 0 Å². The Hall–Kier alpha value is -0.910. The fraction of sp³-hybridized carbons (Fsp3) is 0.286. The van der Waals surface area contributed by atoms with Crippen LogP contribution in [0.5, 0.6) is 0 Å². The molecule has 1 aromatic carbocycles. The number of hydrogen-bond donors (Lipinski definition) is 1. The SMILES string of the molecule is CC(N)Cc1ccnc(CSc2cccc(Br)c2)n1. The molecule has 0 aliphatic heterocycles. The monoisotopic (exact) mass is 337 g/mol. The molecule has 0 saturated heterocycles. The van der Waals surface area contributed by atoms with Crippen LogP contribution in [-0.4, -0.2) is 16.0 Å². The second kappa shape index (κ2) is 7.03. The van der Waals surface area contributed by atoms with Crippen molar-refractivity contribution in [3.8, 4) is 0 Å². The standard InChI is InChI=1S/C14H16BrN3S/c1-10(16)7-12-5-6-17-14(18-12)9-19-13-4-2-3-11(15)8-13/h2-6,8,10H,7,9,16H2,1H3. The molecule has 1 atom stereocenters. The largest absolute Gasteiger partial charge is 0.328 e. The van der Waals surface area contributed by atoms with Gasteiger partial charge in [-0.2, -0.15) is 0 Å². The summed E-state index contributed by atoms with van der Waals surface area (Å²) < 4.78 is 1.09. The van der Waals surface area contributed by atoms with Crippen molar-refractivity contribution in [2.24, 2.45) is 5.73 Å². The van der Waals surface area contributed by atoms with Crippen molar-refractivity contribution in [3.63, 3.8) is 0 Å². The van der Waals surface area contributed by atoms with Crippen LogP contribution < -0.4 is 5.73 Å². The number of thioether (sulfide) groups is 1. The summed E-state index contributed by atoms with van der Waals surface area (Å²) in [5.41, 5.74) is 6.79. The van der Waals surface area contributed by atoms with E-state index in [0.717, 1.165) is 28.2 Å². The van der Waals surface area contributed by atoms with Crippen LogP contribution in [0.25, 0.3) is 0 Å². The first-order valence-electron chi connectivity index (χ1n) is 6.08. The molecule has 5 heteroatoms. The number of aromatic nitrogens is 2. The molecule has 1 aromatic heterocycles. The first-order chi connectivity index (χ1) is 9.13. The summed E-state index contributed by atoms with van der Waals surface area (Å²) in [6.45, 7) is 1.98. The Morgan fingerprint density at radius 3 is 2.95 bits per heavy atom. The number of rotatable bonds is 5. The molecule has 0 amide bonds. The molecule has 0 fully saturated rings. The fourth-order valence-corrected chi connectivity index (χ4v) is 3.03. The van der Waals surface area contributed by atoms with Crippen LogP contribution in [0.15, 0.2) is 45.9 Å². The number of nitrogens with two attached hydrogens (primary N) is 1. The molecule has 2 rings (SSSR count). The molecule has 0 saturated carbocycles. The highest BCUT2D eigenvalue weighted by Gasteiger charge is 2.03. The minimum atomic E-state index is 0.125. The van der Waals surface area contributed by atoms with Crippen LogP contribution in [0, 0.1) is 0 Å². The molecule has 1 heterocycles. The summed E-state index contributed by atoms with van der Waals surface area (Å²) in [5, 5.41) is 0. The number of nitrogens with zero attached hydrogens (tertiary/aromatic N) is 2.